The van der Waals surface area contributed by atoms with E-state index in [1.807, 2.05) is 18.2 Å². The first-order valence-electron chi connectivity index (χ1n) is 9.81. The predicted octanol–water partition coefficient (Wildman–Crippen LogP) is 3.20. The van der Waals surface area contributed by atoms with Crippen LogP contribution >= 0.6 is 0 Å². The molecule has 0 radical (unpaired) electrons. The van der Waals surface area contributed by atoms with Crippen molar-refractivity contribution in [1.82, 2.24) is 20.1 Å². The molecule has 1 aromatic carbocycles. The van der Waals surface area contributed by atoms with Crippen molar-refractivity contribution in [2.45, 2.75) is 46.2 Å². The van der Waals surface area contributed by atoms with Gasteiger partial charge in [0.05, 0.1) is 0 Å². The summed E-state index contributed by atoms with van der Waals surface area (Å²) in [5, 5.41) is 8.10. The Hall–Kier alpha value is -3.22. The summed E-state index contributed by atoms with van der Waals surface area (Å²) in [4.78, 5) is 30.2. The van der Waals surface area contributed by atoms with Crippen molar-refractivity contribution in [3.05, 3.63) is 80.9 Å². The summed E-state index contributed by atoms with van der Waals surface area (Å²) in [5.74, 6) is 1.03. The number of amides is 1. The number of hydrogen-bond acceptors (Lipinski definition) is 5. The molecular weight excluding hydrogens is 368 g/mol. The minimum atomic E-state index is -0.369. The minimum absolute atomic E-state index is 0.212. The average molecular weight is 392 g/mol. The molecule has 0 saturated heterocycles. The third kappa shape index (κ3) is 3.99. The third-order valence-corrected chi connectivity index (χ3v) is 5.11. The second-order valence-electron chi connectivity index (χ2n) is 7.94. The summed E-state index contributed by atoms with van der Waals surface area (Å²) >= 11 is 0. The molecule has 1 atom stereocenters. The lowest BCUT2D eigenvalue weighted by molar-refractivity contribution is 0.0602. The zero-order chi connectivity index (χ0) is 20.5. The summed E-state index contributed by atoms with van der Waals surface area (Å²) in [6, 6.07) is 10.8. The Morgan fingerprint density at radius 2 is 2.00 bits per heavy atom. The molecule has 0 spiro atoms. The minimum Gasteiger partial charge on any atom is -0.423 e. The highest BCUT2D eigenvalue weighted by molar-refractivity contribution is 5.94. The molecule has 7 nitrogen and oxygen atoms in total. The van der Waals surface area contributed by atoms with E-state index in [-0.39, 0.29) is 17.5 Å². The van der Waals surface area contributed by atoms with Gasteiger partial charge in [-0.1, -0.05) is 38.1 Å². The van der Waals surface area contributed by atoms with E-state index in [1.165, 1.54) is 6.07 Å². The summed E-state index contributed by atoms with van der Waals surface area (Å²) in [7, 11) is 0. The number of nitrogens with zero attached hydrogens (tertiary/aromatic N) is 3. The summed E-state index contributed by atoms with van der Waals surface area (Å²) in [5.41, 5.74) is 3.11. The molecule has 4 rings (SSSR count). The van der Waals surface area contributed by atoms with Gasteiger partial charge < -0.3 is 14.3 Å². The van der Waals surface area contributed by atoms with E-state index in [1.54, 1.807) is 17.9 Å². The van der Waals surface area contributed by atoms with E-state index in [0.717, 1.165) is 16.8 Å². The highest BCUT2D eigenvalue weighted by atomic mass is 16.4. The maximum absolute atomic E-state index is 13.5. The molecule has 1 amide bonds. The van der Waals surface area contributed by atoms with Gasteiger partial charge in [-0.25, -0.2) is 0 Å². The smallest absolute Gasteiger partial charge is 0.255 e. The Balaban J connectivity index is 1.73. The van der Waals surface area contributed by atoms with Crippen LogP contribution in [0.5, 0.6) is 0 Å². The number of rotatable bonds is 4. The van der Waals surface area contributed by atoms with Crippen molar-refractivity contribution in [1.29, 1.82) is 0 Å². The molecule has 29 heavy (non-hydrogen) atoms. The lowest BCUT2D eigenvalue weighted by Gasteiger charge is -2.35. The van der Waals surface area contributed by atoms with Gasteiger partial charge in [0.2, 0.25) is 17.3 Å². The fourth-order valence-corrected chi connectivity index (χ4v) is 3.84. The summed E-state index contributed by atoms with van der Waals surface area (Å²) in [6.45, 7) is 6.30. The SMILES string of the molecule is Cc1nnc([C@@H]2Cc3ccccc3CN2C(=O)c2cc(CC(C)C)[nH]c(=O)c2)o1. The van der Waals surface area contributed by atoms with Crippen LogP contribution in [-0.2, 0) is 19.4 Å². The molecule has 0 aliphatic carbocycles. The third-order valence-electron chi connectivity index (χ3n) is 5.11. The van der Waals surface area contributed by atoms with Crippen LogP contribution in [0.25, 0.3) is 0 Å². The van der Waals surface area contributed by atoms with Crippen LogP contribution in [0.4, 0.5) is 0 Å². The van der Waals surface area contributed by atoms with Gasteiger partial charge in [-0.05, 0) is 29.5 Å². The van der Waals surface area contributed by atoms with Crippen LogP contribution in [0.15, 0.2) is 45.6 Å². The first kappa shape index (κ1) is 19.1. The largest absolute Gasteiger partial charge is 0.423 e. The lowest BCUT2D eigenvalue weighted by atomic mass is 9.93. The van der Waals surface area contributed by atoms with Crippen molar-refractivity contribution < 1.29 is 9.21 Å². The number of H-pyrrole nitrogens is 1. The number of aromatic nitrogens is 3. The second kappa shape index (κ2) is 7.66. The van der Waals surface area contributed by atoms with Crippen molar-refractivity contribution in [3.8, 4) is 0 Å². The Bertz CT molecular complexity index is 1100. The Kier molecular flexibility index (Phi) is 5.05. The number of benzene rings is 1. The van der Waals surface area contributed by atoms with E-state index >= 15 is 0 Å². The number of fused-ring (bicyclic) bond motifs is 1. The van der Waals surface area contributed by atoms with Crippen molar-refractivity contribution in [3.63, 3.8) is 0 Å². The molecule has 0 fully saturated rings. The molecule has 1 N–H and O–H groups in total. The van der Waals surface area contributed by atoms with Gasteiger partial charge in [0.25, 0.3) is 5.91 Å². The molecular formula is C22H24N4O3. The molecule has 0 saturated carbocycles. The normalized spacial score (nSPS) is 16.1. The summed E-state index contributed by atoms with van der Waals surface area (Å²) in [6.07, 6.45) is 1.29. The average Bonchev–Trinajstić information content (AvgIpc) is 3.11. The van der Waals surface area contributed by atoms with Crippen LogP contribution < -0.4 is 5.56 Å². The highest BCUT2D eigenvalue weighted by Gasteiger charge is 2.35. The van der Waals surface area contributed by atoms with Gasteiger partial charge in [0.1, 0.15) is 6.04 Å². The van der Waals surface area contributed by atoms with E-state index in [9.17, 15) is 9.59 Å². The highest BCUT2D eigenvalue weighted by Crippen LogP contribution is 2.33. The molecule has 3 aromatic rings. The number of nitrogens with one attached hydrogen (secondary N) is 1. The number of carbonyl (C=O) groups is 1. The first-order valence-corrected chi connectivity index (χ1v) is 9.81. The van der Waals surface area contributed by atoms with Crippen molar-refractivity contribution in [2.75, 3.05) is 0 Å². The lowest BCUT2D eigenvalue weighted by Crippen LogP contribution is -2.39. The predicted molar refractivity (Wildman–Crippen MR) is 107 cm³/mol. The molecule has 1 aliphatic rings. The molecule has 2 aromatic heterocycles. The van der Waals surface area contributed by atoms with Crippen LogP contribution in [0.2, 0.25) is 0 Å². The van der Waals surface area contributed by atoms with E-state index in [4.69, 9.17) is 4.42 Å². The Morgan fingerprint density at radius 3 is 2.69 bits per heavy atom. The standard InChI is InChI=1S/C22H24N4O3/c1-13(2)8-18-9-17(11-20(27)23-18)22(28)26-12-16-7-5-4-6-15(16)10-19(26)21-25-24-14(3)29-21/h4-7,9,11,13,19H,8,10,12H2,1-3H3,(H,23,27)/t19-/m0/s1. The molecule has 0 bridgehead atoms. The number of aryl methyl sites for hydroxylation is 1. The van der Waals surface area contributed by atoms with Gasteiger partial charge in [0.15, 0.2) is 0 Å². The molecule has 150 valence electrons. The van der Waals surface area contributed by atoms with Crippen molar-refractivity contribution in [2.24, 2.45) is 5.92 Å². The fraction of sp³-hybridized carbons (Fsp3) is 0.364. The van der Waals surface area contributed by atoms with Gasteiger partial charge in [-0.3, -0.25) is 9.59 Å². The molecule has 3 heterocycles. The first-order chi connectivity index (χ1) is 13.9. The molecule has 0 unspecified atom stereocenters. The number of carbonyl (C=O) groups excluding carboxylic acids is 1. The van der Waals surface area contributed by atoms with E-state index in [2.05, 4.69) is 35.1 Å². The van der Waals surface area contributed by atoms with Crippen molar-refractivity contribution >= 4 is 5.91 Å². The molecule has 7 heteroatoms. The quantitative estimate of drug-likeness (QED) is 0.736. The Labute approximate surface area is 168 Å². The van der Waals surface area contributed by atoms with Crippen LogP contribution in [0.1, 0.15) is 58.8 Å². The second-order valence-corrected chi connectivity index (χ2v) is 7.94. The zero-order valence-electron chi connectivity index (χ0n) is 16.8. The maximum Gasteiger partial charge on any atom is 0.255 e. The topological polar surface area (TPSA) is 92.1 Å². The van der Waals surface area contributed by atoms with Gasteiger partial charge in [-0.2, -0.15) is 0 Å². The van der Waals surface area contributed by atoms with Crippen LogP contribution in [0, 0.1) is 12.8 Å². The Morgan fingerprint density at radius 1 is 1.24 bits per heavy atom. The monoisotopic (exact) mass is 392 g/mol. The number of aromatic amines is 1. The van der Waals surface area contributed by atoms with Crippen LogP contribution in [-0.4, -0.2) is 26.0 Å². The van der Waals surface area contributed by atoms with Crippen LogP contribution in [0.3, 0.4) is 0 Å². The fourth-order valence-electron chi connectivity index (χ4n) is 3.84. The van der Waals surface area contributed by atoms with E-state index in [0.29, 0.717) is 42.6 Å². The number of hydrogen-bond donors (Lipinski definition) is 1. The maximum atomic E-state index is 13.5. The van der Waals surface area contributed by atoms with Gasteiger partial charge >= 0.3 is 0 Å². The number of pyridine rings is 1. The zero-order valence-corrected chi connectivity index (χ0v) is 16.8. The van der Waals surface area contributed by atoms with E-state index < -0.39 is 0 Å². The van der Waals surface area contributed by atoms with Gasteiger partial charge in [0, 0.05) is 37.2 Å². The molecule has 1 aliphatic heterocycles. The summed E-state index contributed by atoms with van der Waals surface area (Å²) < 4.78 is 5.67. The van der Waals surface area contributed by atoms with Gasteiger partial charge in [-0.15, -0.1) is 10.2 Å².